The maximum atomic E-state index is 12.9. The minimum Gasteiger partial charge on any atom is -0.508 e. The third kappa shape index (κ3) is 11.9. The van der Waals surface area contributed by atoms with Crippen molar-refractivity contribution < 1.29 is 48.8 Å². The summed E-state index contributed by atoms with van der Waals surface area (Å²) in [5.74, 6) is -1.66. The van der Waals surface area contributed by atoms with E-state index in [1.165, 1.54) is 18.2 Å². The summed E-state index contributed by atoms with van der Waals surface area (Å²) in [5.41, 5.74) is 4.82. The van der Waals surface area contributed by atoms with Gasteiger partial charge in [-0.2, -0.15) is 0 Å². The van der Waals surface area contributed by atoms with E-state index in [2.05, 4.69) is 10.8 Å². The Bertz CT molecular complexity index is 2420. The maximum Gasteiger partial charge on any atom is 0.336 e. The van der Waals surface area contributed by atoms with Gasteiger partial charge in [-0.1, -0.05) is 84.2 Å². The summed E-state index contributed by atoms with van der Waals surface area (Å²) in [7, 11) is 0. The molecule has 0 bridgehead atoms. The Morgan fingerprint density at radius 1 is 0.621 bits per heavy atom. The zero-order valence-corrected chi connectivity index (χ0v) is 31.9. The van der Waals surface area contributed by atoms with Crippen LogP contribution in [-0.4, -0.2) is 46.4 Å². The standard InChI is InChI=1S/C38H28Cl2N2O9.C6H6O/c1-2-48-27-12-13-29(31(21-27)38(46)47)36(43)41-34-14-9-23(18-32(34)39)24-10-15-35(33(40)19-24)42-51-22-25-8-11-28(20-30(25)37(44)45)50-17-16-49-26-6-4-3-5-7-26;7-6-4-2-1-3-5-6/h1,3-15,18-21,42H,16-17,22H2,(H,41,43)(H,44,45)(H,46,47);1-5,7H. The van der Waals surface area contributed by atoms with E-state index in [1.807, 2.05) is 42.5 Å². The van der Waals surface area contributed by atoms with Crippen molar-refractivity contribution in [3.05, 3.63) is 166 Å². The highest BCUT2D eigenvalue weighted by atomic mass is 35.5. The normalized spacial score (nSPS) is 10.2. The number of phenolic OH excluding ortho intramolecular Hbond substituents is 1. The Hall–Kier alpha value is -7.17. The zero-order chi connectivity index (χ0) is 41.4. The smallest absolute Gasteiger partial charge is 0.336 e. The van der Waals surface area contributed by atoms with E-state index < -0.39 is 17.8 Å². The molecule has 0 aliphatic carbocycles. The SMILES string of the molecule is C#COc1ccc(C(=O)Nc2ccc(-c3ccc(NOCc4ccc(OCCOc5ccccc5)cc4C(=O)O)c(Cl)c3)cc2Cl)c(C(=O)O)c1.Oc1ccccc1. The first-order valence-electron chi connectivity index (χ1n) is 17.2. The van der Waals surface area contributed by atoms with Gasteiger partial charge in [-0.15, -0.1) is 0 Å². The van der Waals surface area contributed by atoms with Crippen LogP contribution in [0.25, 0.3) is 11.1 Å². The van der Waals surface area contributed by atoms with Gasteiger partial charge in [0.05, 0.1) is 38.1 Å². The number of nitrogens with one attached hydrogen (secondary N) is 2. The van der Waals surface area contributed by atoms with Crippen molar-refractivity contribution in [2.24, 2.45) is 0 Å². The number of halogens is 2. The number of hydrogen-bond acceptors (Lipinski definition) is 9. The quantitative estimate of drug-likeness (QED) is 0.0379. The Morgan fingerprint density at radius 3 is 1.76 bits per heavy atom. The number of ether oxygens (including phenoxy) is 3. The second-order valence-corrected chi connectivity index (χ2v) is 12.8. The Kier molecular flexibility index (Phi) is 15.0. The van der Waals surface area contributed by atoms with Crippen LogP contribution in [0.3, 0.4) is 0 Å². The average molecular weight is 822 g/mol. The fourth-order valence-electron chi connectivity index (χ4n) is 5.22. The van der Waals surface area contributed by atoms with E-state index >= 15 is 0 Å². The topological polar surface area (TPSA) is 173 Å². The molecule has 0 spiro atoms. The summed E-state index contributed by atoms with van der Waals surface area (Å²) in [6.07, 6.45) is 7.05. The third-order valence-corrected chi connectivity index (χ3v) is 8.63. The highest BCUT2D eigenvalue weighted by Crippen LogP contribution is 2.33. The second-order valence-electron chi connectivity index (χ2n) is 11.9. The first kappa shape index (κ1) is 42.0. The number of carboxylic acid groups (broad SMARTS) is 2. The van der Waals surface area contributed by atoms with Crippen molar-refractivity contribution in [2.45, 2.75) is 6.61 Å². The van der Waals surface area contributed by atoms with Crippen LogP contribution in [0.1, 0.15) is 36.6 Å². The van der Waals surface area contributed by atoms with Crippen molar-refractivity contribution in [3.8, 4) is 46.7 Å². The number of hydrogen-bond donors (Lipinski definition) is 5. The number of aromatic carboxylic acids is 2. The number of benzene rings is 6. The van der Waals surface area contributed by atoms with Gasteiger partial charge in [0.2, 0.25) is 0 Å². The highest BCUT2D eigenvalue weighted by molar-refractivity contribution is 6.34. The Balaban J connectivity index is 0.000000826. The van der Waals surface area contributed by atoms with Crippen molar-refractivity contribution in [2.75, 3.05) is 24.0 Å². The van der Waals surface area contributed by atoms with Gasteiger partial charge in [-0.25, -0.2) is 9.59 Å². The predicted molar refractivity (Wildman–Crippen MR) is 220 cm³/mol. The van der Waals surface area contributed by atoms with Gasteiger partial charge in [-0.3, -0.25) is 15.1 Å². The van der Waals surface area contributed by atoms with Crippen LogP contribution in [-0.2, 0) is 11.4 Å². The molecular formula is C44H34Cl2N2O10. The van der Waals surface area contributed by atoms with Gasteiger partial charge in [0.25, 0.3) is 5.91 Å². The molecule has 1 amide bonds. The molecule has 0 fully saturated rings. The number of carbonyl (C=O) groups is 3. The lowest BCUT2D eigenvalue weighted by Crippen LogP contribution is -2.16. The molecule has 6 aromatic rings. The number of phenols is 1. The molecule has 294 valence electrons. The summed E-state index contributed by atoms with van der Waals surface area (Å²) in [5, 5.41) is 31.1. The number of aromatic hydroxyl groups is 1. The van der Waals surface area contributed by atoms with E-state index in [-0.39, 0.29) is 53.0 Å². The zero-order valence-electron chi connectivity index (χ0n) is 30.4. The van der Waals surface area contributed by atoms with Gasteiger partial charge in [0.1, 0.15) is 48.9 Å². The monoisotopic (exact) mass is 820 g/mol. The second kappa shape index (κ2) is 20.7. The van der Waals surface area contributed by atoms with E-state index in [1.54, 1.807) is 72.8 Å². The van der Waals surface area contributed by atoms with Gasteiger partial charge in [0.15, 0.2) is 0 Å². The fourth-order valence-corrected chi connectivity index (χ4v) is 5.67. The van der Waals surface area contributed by atoms with E-state index in [9.17, 15) is 24.6 Å². The van der Waals surface area contributed by atoms with Crippen LogP contribution >= 0.6 is 23.2 Å². The van der Waals surface area contributed by atoms with Crippen LogP contribution in [0.2, 0.25) is 10.0 Å². The fraction of sp³-hybridized carbons (Fsp3) is 0.0682. The summed E-state index contributed by atoms with van der Waals surface area (Å²) >= 11 is 13.0. The van der Waals surface area contributed by atoms with Crippen molar-refractivity contribution in [3.63, 3.8) is 0 Å². The Morgan fingerprint density at radius 2 is 1.19 bits per heavy atom. The number of terminal acetylenes is 1. The first-order valence-corrected chi connectivity index (χ1v) is 18.0. The highest BCUT2D eigenvalue weighted by Gasteiger charge is 2.19. The van der Waals surface area contributed by atoms with Gasteiger partial charge >= 0.3 is 11.9 Å². The van der Waals surface area contributed by atoms with Crippen LogP contribution in [0.15, 0.2) is 133 Å². The van der Waals surface area contributed by atoms with Gasteiger partial charge in [0, 0.05) is 0 Å². The lowest BCUT2D eigenvalue weighted by molar-refractivity contribution is 0.0682. The summed E-state index contributed by atoms with van der Waals surface area (Å²) < 4.78 is 16.1. The summed E-state index contributed by atoms with van der Waals surface area (Å²) in [4.78, 5) is 42.2. The van der Waals surface area contributed by atoms with E-state index in [4.69, 9.17) is 53.8 Å². The molecule has 0 aromatic heterocycles. The molecule has 0 unspecified atom stereocenters. The molecule has 14 heteroatoms. The van der Waals surface area contributed by atoms with Crippen molar-refractivity contribution in [1.82, 2.24) is 0 Å². The molecule has 6 rings (SSSR count). The molecule has 6 aromatic carbocycles. The molecule has 0 atom stereocenters. The summed E-state index contributed by atoms with van der Waals surface area (Å²) in [6.45, 7) is 0.425. The molecule has 5 N–H and O–H groups in total. The van der Waals surface area contributed by atoms with E-state index in [0.29, 0.717) is 44.6 Å². The molecule has 0 saturated carbocycles. The van der Waals surface area contributed by atoms with E-state index in [0.717, 1.165) is 6.07 Å². The van der Waals surface area contributed by atoms with Crippen molar-refractivity contribution >= 4 is 52.4 Å². The molecule has 0 radical (unpaired) electrons. The Labute approximate surface area is 343 Å². The van der Waals surface area contributed by atoms with Gasteiger partial charge < -0.3 is 34.8 Å². The minimum atomic E-state index is -1.34. The number of amides is 1. The lowest BCUT2D eigenvalue weighted by Gasteiger charge is -2.14. The first-order chi connectivity index (χ1) is 28.0. The lowest BCUT2D eigenvalue weighted by atomic mass is 10.0. The molecule has 0 heterocycles. The van der Waals surface area contributed by atoms with Crippen LogP contribution in [0, 0.1) is 12.5 Å². The molecular weight excluding hydrogens is 787 g/mol. The number of carbonyl (C=O) groups excluding carboxylic acids is 1. The third-order valence-electron chi connectivity index (χ3n) is 8.00. The van der Waals surface area contributed by atoms with Crippen LogP contribution in [0.5, 0.6) is 23.0 Å². The molecule has 0 saturated heterocycles. The molecule has 58 heavy (non-hydrogen) atoms. The number of anilines is 2. The summed E-state index contributed by atoms with van der Waals surface area (Å²) in [6, 6.07) is 36.5. The number of rotatable bonds is 15. The van der Waals surface area contributed by atoms with Crippen LogP contribution < -0.4 is 25.0 Å². The largest absolute Gasteiger partial charge is 0.508 e. The average Bonchev–Trinajstić information content (AvgIpc) is 3.22. The van der Waals surface area contributed by atoms with Crippen molar-refractivity contribution in [1.29, 1.82) is 0 Å². The van der Waals surface area contributed by atoms with Gasteiger partial charge in [-0.05, 0) is 95.6 Å². The maximum absolute atomic E-state index is 12.9. The number of para-hydroxylation sites is 2. The molecule has 0 aliphatic heterocycles. The molecule has 0 aliphatic rings. The number of carboxylic acids is 2. The predicted octanol–water partition coefficient (Wildman–Crippen LogP) is 9.67. The minimum absolute atomic E-state index is 0.0196. The molecule has 12 nitrogen and oxygen atoms in total. The van der Waals surface area contributed by atoms with Crippen LogP contribution in [0.4, 0.5) is 11.4 Å².